The van der Waals surface area contributed by atoms with Crippen LogP contribution in [0.2, 0.25) is 0 Å². The molecule has 5 nitrogen and oxygen atoms in total. The monoisotopic (exact) mass is 305 g/mol. The fourth-order valence-corrected chi connectivity index (χ4v) is 3.32. The fourth-order valence-electron chi connectivity index (χ4n) is 3.32. The van der Waals surface area contributed by atoms with Gasteiger partial charge in [0.15, 0.2) is 0 Å². The molecule has 0 saturated carbocycles. The number of aromatic nitrogens is 2. The van der Waals surface area contributed by atoms with Gasteiger partial charge in [-0.25, -0.2) is 4.98 Å². The molecule has 1 aliphatic heterocycles. The molecule has 0 amide bonds. The zero-order valence-corrected chi connectivity index (χ0v) is 13.7. The van der Waals surface area contributed by atoms with Crippen LogP contribution in [0, 0.1) is 22.7 Å². The molecule has 0 atom stereocenters. The third-order valence-corrected chi connectivity index (χ3v) is 4.40. The van der Waals surface area contributed by atoms with Gasteiger partial charge < -0.3 is 9.47 Å². The predicted molar refractivity (Wildman–Crippen MR) is 87.9 cm³/mol. The van der Waals surface area contributed by atoms with E-state index in [0.29, 0.717) is 23.6 Å². The van der Waals surface area contributed by atoms with Gasteiger partial charge in [-0.05, 0) is 12.1 Å². The Morgan fingerprint density at radius 3 is 2.39 bits per heavy atom. The highest BCUT2D eigenvalue weighted by molar-refractivity contribution is 5.68. The van der Waals surface area contributed by atoms with E-state index >= 15 is 0 Å². The Labute approximate surface area is 136 Å². The van der Waals surface area contributed by atoms with E-state index in [4.69, 9.17) is 4.98 Å². The molecular weight excluding hydrogens is 286 g/mol. The Kier molecular flexibility index (Phi) is 3.80. The number of benzene rings is 1. The molecule has 0 spiro atoms. The summed E-state index contributed by atoms with van der Waals surface area (Å²) in [5, 5.41) is 18.8. The van der Waals surface area contributed by atoms with E-state index in [2.05, 4.69) is 42.5 Å². The minimum absolute atomic E-state index is 0.375. The largest absolute Gasteiger partial charge is 0.363 e. The summed E-state index contributed by atoms with van der Waals surface area (Å²) < 4.78 is 2.19. The Balaban J connectivity index is 2.03. The molecule has 0 radical (unpaired) electrons. The third kappa shape index (κ3) is 2.45. The van der Waals surface area contributed by atoms with E-state index < -0.39 is 0 Å². The van der Waals surface area contributed by atoms with Crippen LogP contribution in [-0.4, -0.2) is 16.1 Å². The second kappa shape index (κ2) is 5.78. The highest BCUT2D eigenvalue weighted by Crippen LogP contribution is 2.31. The van der Waals surface area contributed by atoms with Gasteiger partial charge in [0.1, 0.15) is 18.0 Å². The minimum atomic E-state index is 0.375. The Hall–Kier alpha value is -2.79. The molecule has 0 N–H and O–H groups in total. The van der Waals surface area contributed by atoms with E-state index in [1.54, 1.807) is 18.2 Å². The smallest absolute Gasteiger partial charge is 0.111 e. The number of para-hydroxylation sites is 1. The lowest BCUT2D eigenvalue weighted by atomic mass is 10.0. The van der Waals surface area contributed by atoms with Crippen molar-refractivity contribution in [1.82, 2.24) is 9.55 Å². The first-order valence-corrected chi connectivity index (χ1v) is 7.79. The first-order valence-electron chi connectivity index (χ1n) is 7.79. The molecular formula is C18H19N5. The van der Waals surface area contributed by atoms with Crippen LogP contribution in [-0.2, 0) is 20.0 Å². The van der Waals surface area contributed by atoms with Gasteiger partial charge in [-0.2, -0.15) is 10.5 Å². The zero-order chi connectivity index (χ0) is 16.6. The van der Waals surface area contributed by atoms with Crippen molar-refractivity contribution in [2.45, 2.75) is 32.7 Å². The molecule has 2 heterocycles. The van der Waals surface area contributed by atoms with Crippen molar-refractivity contribution in [3.8, 4) is 12.1 Å². The lowest BCUT2D eigenvalue weighted by molar-refractivity contribution is 0.662. The molecule has 1 aromatic carbocycles. The summed E-state index contributed by atoms with van der Waals surface area (Å²) >= 11 is 0. The number of anilines is 1. The zero-order valence-electron chi connectivity index (χ0n) is 13.7. The molecule has 5 heteroatoms. The van der Waals surface area contributed by atoms with E-state index in [9.17, 15) is 10.5 Å². The number of fused-ring (bicyclic) bond motifs is 1. The molecule has 116 valence electrons. The second-order valence-electron chi connectivity index (χ2n) is 6.17. The number of rotatable bonds is 2. The van der Waals surface area contributed by atoms with Crippen LogP contribution in [0.3, 0.4) is 0 Å². The maximum Gasteiger partial charge on any atom is 0.111 e. The lowest BCUT2D eigenvalue weighted by Gasteiger charge is -2.30. The average molecular weight is 305 g/mol. The van der Waals surface area contributed by atoms with Gasteiger partial charge in [0.25, 0.3) is 0 Å². The molecule has 2 aromatic rings. The first kappa shape index (κ1) is 15.1. The predicted octanol–water partition coefficient (Wildman–Crippen LogP) is 2.85. The van der Waals surface area contributed by atoms with Crippen LogP contribution >= 0.6 is 0 Å². The van der Waals surface area contributed by atoms with E-state index in [1.165, 1.54) is 5.69 Å². The molecule has 0 bridgehead atoms. The molecule has 0 unspecified atom stereocenters. The quantitative estimate of drug-likeness (QED) is 0.855. The van der Waals surface area contributed by atoms with Crippen LogP contribution in [0.1, 0.15) is 48.1 Å². The summed E-state index contributed by atoms with van der Waals surface area (Å²) in [6, 6.07) is 9.71. The van der Waals surface area contributed by atoms with E-state index in [-0.39, 0.29) is 0 Å². The van der Waals surface area contributed by atoms with Crippen molar-refractivity contribution in [2.75, 3.05) is 11.4 Å². The first-order chi connectivity index (χ1) is 11.1. The van der Waals surface area contributed by atoms with E-state index in [1.807, 2.05) is 0 Å². The van der Waals surface area contributed by atoms with Crippen LogP contribution in [0.4, 0.5) is 5.69 Å². The summed E-state index contributed by atoms with van der Waals surface area (Å²) in [7, 11) is 2.07. The van der Waals surface area contributed by atoms with Crippen molar-refractivity contribution in [2.24, 2.45) is 7.05 Å². The molecule has 1 aromatic heterocycles. The van der Waals surface area contributed by atoms with Crippen LogP contribution in [0.25, 0.3) is 0 Å². The SMILES string of the molecule is CC(C)c1nc2c(n1C)CCN(c1c(C#N)cccc1C#N)C2. The Bertz CT molecular complexity index is 800. The lowest BCUT2D eigenvalue weighted by Crippen LogP contribution is -2.32. The van der Waals surface area contributed by atoms with Crippen molar-refractivity contribution in [3.63, 3.8) is 0 Å². The van der Waals surface area contributed by atoms with Crippen molar-refractivity contribution >= 4 is 5.69 Å². The maximum absolute atomic E-state index is 9.38. The fraction of sp³-hybridized carbons (Fsp3) is 0.389. The molecule has 0 aliphatic carbocycles. The van der Waals surface area contributed by atoms with Crippen molar-refractivity contribution in [1.29, 1.82) is 10.5 Å². The van der Waals surface area contributed by atoms with Gasteiger partial charge >= 0.3 is 0 Å². The van der Waals surface area contributed by atoms with Gasteiger partial charge in [-0.15, -0.1) is 0 Å². The van der Waals surface area contributed by atoms with Crippen LogP contribution < -0.4 is 4.90 Å². The number of hydrogen-bond donors (Lipinski definition) is 0. The Morgan fingerprint density at radius 2 is 1.83 bits per heavy atom. The van der Waals surface area contributed by atoms with Crippen LogP contribution in [0.15, 0.2) is 18.2 Å². The highest BCUT2D eigenvalue weighted by Gasteiger charge is 2.26. The van der Waals surface area contributed by atoms with Gasteiger partial charge in [-0.1, -0.05) is 19.9 Å². The van der Waals surface area contributed by atoms with Gasteiger partial charge in [0.05, 0.1) is 29.1 Å². The summed E-state index contributed by atoms with van der Waals surface area (Å²) in [5.41, 5.74) is 4.15. The van der Waals surface area contributed by atoms with Crippen molar-refractivity contribution < 1.29 is 0 Å². The molecule has 0 fully saturated rings. The average Bonchev–Trinajstić information content (AvgIpc) is 2.90. The van der Waals surface area contributed by atoms with E-state index in [0.717, 1.165) is 30.2 Å². The van der Waals surface area contributed by atoms with Gasteiger partial charge in [0.2, 0.25) is 0 Å². The number of nitrogens with zero attached hydrogens (tertiary/aromatic N) is 5. The van der Waals surface area contributed by atoms with Crippen LogP contribution in [0.5, 0.6) is 0 Å². The Morgan fingerprint density at radius 1 is 1.17 bits per heavy atom. The topological polar surface area (TPSA) is 68.6 Å². The minimum Gasteiger partial charge on any atom is -0.363 e. The summed E-state index contributed by atoms with van der Waals surface area (Å²) in [5.74, 6) is 1.46. The second-order valence-corrected chi connectivity index (χ2v) is 6.17. The highest BCUT2D eigenvalue weighted by atomic mass is 15.2. The standard InChI is InChI=1S/C18H19N5/c1-12(2)18-21-15-11-23(8-7-16(15)22(18)3)17-13(9-19)5-4-6-14(17)10-20/h4-6,12H,7-8,11H2,1-3H3. The van der Waals surface area contributed by atoms with Gasteiger partial charge in [-0.3, -0.25) is 0 Å². The molecule has 3 rings (SSSR count). The number of nitriles is 2. The summed E-state index contributed by atoms with van der Waals surface area (Å²) in [6.45, 7) is 5.72. The van der Waals surface area contributed by atoms with Gasteiger partial charge in [0, 0.05) is 31.6 Å². The molecule has 1 aliphatic rings. The summed E-state index contributed by atoms with van der Waals surface area (Å²) in [6.07, 6.45) is 0.871. The third-order valence-electron chi connectivity index (χ3n) is 4.40. The molecule has 23 heavy (non-hydrogen) atoms. The number of hydrogen-bond acceptors (Lipinski definition) is 4. The number of imidazole rings is 1. The maximum atomic E-state index is 9.38. The molecule has 0 saturated heterocycles. The van der Waals surface area contributed by atoms with Crippen molar-refractivity contribution in [3.05, 3.63) is 46.5 Å². The normalized spacial score (nSPS) is 13.6. The summed E-state index contributed by atoms with van der Waals surface area (Å²) in [4.78, 5) is 6.90.